The zero-order chi connectivity index (χ0) is 11.3. The first kappa shape index (κ1) is 11.5. The fourth-order valence-corrected chi connectivity index (χ4v) is 1.51. The summed E-state index contributed by atoms with van der Waals surface area (Å²) in [6.45, 7) is 2.76. The Kier molecular flexibility index (Phi) is 4.12. The number of carbonyl (C=O) groups excluding carboxylic acids is 1. The maximum absolute atomic E-state index is 10.9. The lowest BCUT2D eigenvalue weighted by Gasteiger charge is -2.23. The molecule has 3 N–H and O–H groups in total. The Bertz CT molecular complexity index is 339. The second kappa shape index (κ2) is 5.36. The smallest absolute Gasteiger partial charge is 0.236 e. The average molecular weight is 208 g/mol. The van der Waals surface area contributed by atoms with Gasteiger partial charge in [-0.05, 0) is 13.0 Å². The fourth-order valence-electron chi connectivity index (χ4n) is 1.51. The van der Waals surface area contributed by atoms with Crippen molar-refractivity contribution in [1.82, 2.24) is 0 Å². The Morgan fingerprint density at radius 3 is 2.67 bits per heavy atom. The summed E-state index contributed by atoms with van der Waals surface area (Å²) in [6.07, 6.45) is 0. The van der Waals surface area contributed by atoms with Crippen LogP contribution >= 0.6 is 0 Å². The van der Waals surface area contributed by atoms with Crippen LogP contribution in [-0.4, -0.2) is 24.1 Å². The lowest BCUT2D eigenvalue weighted by atomic mass is 10.1. The molecule has 0 bridgehead atoms. The summed E-state index contributed by atoms with van der Waals surface area (Å²) in [5, 5.41) is 9.15. The number of para-hydroxylation sites is 1. The minimum Gasteiger partial charge on any atom is -0.392 e. The van der Waals surface area contributed by atoms with Gasteiger partial charge in [0.2, 0.25) is 5.91 Å². The zero-order valence-electron chi connectivity index (χ0n) is 8.81. The van der Waals surface area contributed by atoms with Gasteiger partial charge in [-0.2, -0.15) is 0 Å². The van der Waals surface area contributed by atoms with Gasteiger partial charge in [-0.1, -0.05) is 18.2 Å². The van der Waals surface area contributed by atoms with E-state index >= 15 is 0 Å². The average Bonchev–Trinajstić information content (AvgIpc) is 2.25. The van der Waals surface area contributed by atoms with E-state index in [1.807, 2.05) is 36.1 Å². The first-order valence-electron chi connectivity index (χ1n) is 4.91. The van der Waals surface area contributed by atoms with Gasteiger partial charge in [0.25, 0.3) is 0 Å². The number of hydrogen-bond acceptors (Lipinski definition) is 3. The molecule has 0 radical (unpaired) electrons. The van der Waals surface area contributed by atoms with Crippen LogP contribution in [0.1, 0.15) is 12.5 Å². The van der Waals surface area contributed by atoms with E-state index in [-0.39, 0.29) is 19.1 Å². The molecule has 1 aromatic rings. The third kappa shape index (κ3) is 2.95. The number of nitrogens with two attached hydrogens (primary N) is 1. The third-order valence-corrected chi connectivity index (χ3v) is 2.23. The molecule has 0 aliphatic rings. The number of aliphatic hydroxyl groups excluding tert-OH is 1. The largest absolute Gasteiger partial charge is 0.392 e. The highest BCUT2D eigenvalue weighted by molar-refractivity contribution is 5.79. The van der Waals surface area contributed by atoms with Crippen LogP contribution in [0, 0.1) is 0 Å². The number of benzene rings is 1. The first-order chi connectivity index (χ1) is 7.19. The minimum absolute atomic E-state index is 0.0363. The monoisotopic (exact) mass is 208 g/mol. The summed E-state index contributed by atoms with van der Waals surface area (Å²) in [6, 6.07) is 7.43. The Morgan fingerprint density at radius 1 is 1.47 bits per heavy atom. The van der Waals surface area contributed by atoms with Crippen LogP contribution < -0.4 is 10.6 Å². The van der Waals surface area contributed by atoms with Gasteiger partial charge < -0.3 is 15.7 Å². The molecule has 0 saturated heterocycles. The minimum atomic E-state index is -0.371. The number of aliphatic hydroxyl groups is 1. The van der Waals surface area contributed by atoms with Gasteiger partial charge in [-0.3, -0.25) is 4.79 Å². The Labute approximate surface area is 89.3 Å². The van der Waals surface area contributed by atoms with E-state index < -0.39 is 0 Å². The summed E-state index contributed by atoms with van der Waals surface area (Å²) in [4.78, 5) is 12.7. The van der Waals surface area contributed by atoms with Crippen molar-refractivity contribution in [2.24, 2.45) is 5.73 Å². The predicted molar refractivity (Wildman–Crippen MR) is 59.4 cm³/mol. The van der Waals surface area contributed by atoms with Crippen molar-refractivity contribution >= 4 is 11.6 Å². The number of amides is 1. The van der Waals surface area contributed by atoms with Crippen LogP contribution in [0.2, 0.25) is 0 Å². The maximum atomic E-state index is 10.9. The third-order valence-electron chi connectivity index (χ3n) is 2.23. The molecule has 0 fully saturated rings. The lowest BCUT2D eigenvalue weighted by Crippen LogP contribution is -2.34. The Hall–Kier alpha value is -1.55. The van der Waals surface area contributed by atoms with Gasteiger partial charge in [-0.25, -0.2) is 0 Å². The number of hydrogen-bond donors (Lipinski definition) is 2. The van der Waals surface area contributed by atoms with Gasteiger partial charge in [-0.15, -0.1) is 0 Å². The van der Waals surface area contributed by atoms with Crippen molar-refractivity contribution < 1.29 is 9.90 Å². The molecule has 82 valence electrons. The second-order valence-electron chi connectivity index (χ2n) is 3.27. The lowest BCUT2D eigenvalue weighted by molar-refractivity contribution is -0.116. The van der Waals surface area contributed by atoms with Crippen molar-refractivity contribution in [3.05, 3.63) is 29.8 Å². The molecular formula is C11H16N2O2. The number of primary amides is 1. The maximum Gasteiger partial charge on any atom is 0.236 e. The predicted octanol–water partition coefficient (Wildman–Crippen LogP) is 0.490. The molecule has 4 nitrogen and oxygen atoms in total. The Balaban J connectivity index is 2.95. The Morgan fingerprint density at radius 2 is 2.13 bits per heavy atom. The zero-order valence-corrected chi connectivity index (χ0v) is 8.81. The van der Waals surface area contributed by atoms with Gasteiger partial charge >= 0.3 is 0 Å². The second-order valence-corrected chi connectivity index (χ2v) is 3.27. The molecule has 15 heavy (non-hydrogen) atoms. The van der Waals surface area contributed by atoms with Crippen LogP contribution in [0.4, 0.5) is 5.69 Å². The quantitative estimate of drug-likeness (QED) is 0.740. The fraction of sp³-hybridized carbons (Fsp3) is 0.364. The molecule has 0 aliphatic carbocycles. The summed E-state index contributed by atoms with van der Waals surface area (Å²) in [5.41, 5.74) is 6.82. The molecule has 0 aliphatic heterocycles. The first-order valence-corrected chi connectivity index (χ1v) is 4.91. The van der Waals surface area contributed by atoms with Crippen LogP contribution in [0.25, 0.3) is 0 Å². The van der Waals surface area contributed by atoms with Crippen molar-refractivity contribution in [1.29, 1.82) is 0 Å². The number of nitrogens with zero attached hydrogens (tertiary/aromatic N) is 1. The molecular weight excluding hydrogens is 192 g/mol. The van der Waals surface area contributed by atoms with Gasteiger partial charge in [0.1, 0.15) is 0 Å². The van der Waals surface area contributed by atoms with Crippen molar-refractivity contribution in [3.8, 4) is 0 Å². The summed E-state index contributed by atoms with van der Waals surface area (Å²) < 4.78 is 0. The molecule has 4 heteroatoms. The highest BCUT2D eigenvalue weighted by atomic mass is 16.3. The van der Waals surface area contributed by atoms with Crippen molar-refractivity contribution in [3.63, 3.8) is 0 Å². The van der Waals surface area contributed by atoms with E-state index in [9.17, 15) is 4.79 Å². The number of likely N-dealkylation sites (N-methyl/N-ethyl adjacent to an activating group) is 1. The molecule has 1 amide bonds. The molecule has 0 saturated carbocycles. The molecule has 0 heterocycles. The number of carbonyl (C=O) groups is 1. The normalized spacial score (nSPS) is 10.0. The van der Waals surface area contributed by atoms with E-state index in [0.717, 1.165) is 11.3 Å². The van der Waals surface area contributed by atoms with Crippen molar-refractivity contribution in [2.75, 3.05) is 18.0 Å². The molecule has 1 rings (SSSR count). The molecule has 1 aromatic carbocycles. The highest BCUT2D eigenvalue weighted by Gasteiger charge is 2.10. The van der Waals surface area contributed by atoms with Crippen LogP contribution in [-0.2, 0) is 11.4 Å². The van der Waals surface area contributed by atoms with Gasteiger partial charge in [0.15, 0.2) is 0 Å². The van der Waals surface area contributed by atoms with Gasteiger partial charge in [0.05, 0.1) is 13.2 Å². The molecule has 0 aromatic heterocycles. The van der Waals surface area contributed by atoms with E-state index in [0.29, 0.717) is 6.54 Å². The van der Waals surface area contributed by atoms with Crippen LogP contribution in [0.5, 0.6) is 0 Å². The standard InChI is InChI=1S/C11H16N2O2/c1-2-13(7-11(12)15)10-6-4-3-5-9(10)8-14/h3-6,14H,2,7-8H2,1H3,(H2,12,15). The highest BCUT2D eigenvalue weighted by Crippen LogP contribution is 2.19. The van der Waals surface area contributed by atoms with Crippen LogP contribution in [0.3, 0.4) is 0 Å². The summed E-state index contributed by atoms with van der Waals surface area (Å²) in [7, 11) is 0. The van der Waals surface area contributed by atoms with Crippen molar-refractivity contribution in [2.45, 2.75) is 13.5 Å². The van der Waals surface area contributed by atoms with E-state index in [1.54, 1.807) is 0 Å². The van der Waals surface area contributed by atoms with E-state index in [2.05, 4.69) is 0 Å². The number of rotatable bonds is 5. The molecule has 0 unspecified atom stereocenters. The topological polar surface area (TPSA) is 66.6 Å². The number of anilines is 1. The molecule has 0 spiro atoms. The van der Waals surface area contributed by atoms with Gasteiger partial charge in [0, 0.05) is 17.8 Å². The van der Waals surface area contributed by atoms with Crippen LogP contribution in [0.15, 0.2) is 24.3 Å². The SMILES string of the molecule is CCN(CC(N)=O)c1ccccc1CO. The summed E-state index contributed by atoms with van der Waals surface area (Å²) in [5.74, 6) is -0.371. The van der Waals surface area contributed by atoms with E-state index in [4.69, 9.17) is 10.8 Å². The summed E-state index contributed by atoms with van der Waals surface area (Å²) >= 11 is 0. The van der Waals surface area contributed by atoms with E-state index in [1.165, 1.54) is 0 Å². The molecule has 0 atom stereocenters.